The monoisotopic (exact) mass is 424 g/mol. The largest absolute Gasteiger partial charge is 0.433 e. The molecule has 2 heterocycles. The number of carbonyl (C=O) groups is 1. The van der Waals surface area contributed by atoms with E-state index in [1.807, 2.05) is 18.2 Å². The Bertz CT molecular complexity index is 1020. The Balaban J connectivity index is 1.57. The van der Waals surface area contributed by atoms with Gasteiger partial charge in [0.15, 0.2) is 5.69 Å². The van der Waals surface area contributed by atoms with Crippen LogP contribution in [0.3, 0.4) is 0 Å². The number of nitrogens with one attached hydrogen (secondary N) is 1. The normalized spacial score (nSPS) is 11.5. The zero-order valence-electron chi connectivity index (χ0n) is 15.2. The number of rotatable bonds is 6. The van der Waals surface area contributed by atoms with Crippen LogP contribution >= 0.6 is 11.6 Å². The minimum atomic E-state index is -4.55. The Morgan fingerprint density at radius 2 is 2.00 bits per heavy atom. The minimum absolute atomic E-state index is 0.00000110. The predicted octanol–water partition coefficient (Wildman–Crippen LogP) is 3.07. The molecule has 0 saturated carbocycles. The number of hydrogen-bond donors (Lipinski definition) is 1. The molecule has 0 atom stereocenters. The van der Waals surface area contributed by atoms with E-state index in [4.69, 9.17) is 11.6 Å². The molecule has 11 heteroatoms. The standard InChI is InChI=1S/C18H16ClF3N6O/c1-11-8-15(18(20,21)22)25-16(24-11)6-7-23-17(29)14-10-28(27-26-14)9-12-4-2-3-5-13(12)19/h2-5,8,10H,6-7,9H2,1H3,(H,23,29). The van der Waals surface area contributed by atoms with E-state index < -0.39 is 17.8 Å². The van der Waals surface area contributed by atoms with Crippen molar-refractivity contribution in [3.05, 3.63) is 70.0 Å². The van der Waals surface area contributed by atoms with Gasteiger partial charge in [-0.05, 0) is 24.6 Å². The van der Waals surface area contributed by atoms with Crippen molar-refractivity contribution < 1.29 is 18.0 Å². The fraction of sp³-hybridized carbons (Fsp3) is 0.278. The summed E-state index contributed by atoms with van der Waals surface area (Å²) in [6.45, 7) is 1.85. The van der Waals surface area contributed by atoms with Crippen molar-refractivity contribution in [2.75, 3.05) is 6.54 Å². The third-order valence-electron chi connectivity index (χ3n) is 3.89. The van der Waals surface area contributed by atoms with Crippen molar-refractivity contribution in [2.24, 2.45) is 0 Å². The highest BCUT2D eigenvalue weighted by Crippen LogP contribution is 2.27. The highest BCUT2D eigenvalue weighted by Gasteiger charge is 2.33. The molecule has 0 spiro atoms. The lowest BCUT2D eigenvalue weighted by Gasteiger charge is -2.09. The van der Waals surface area contributed by atoms with Crippen molar-refractivity contribution >= 4 is 17.5 Å². The smallest absolute Gasteiger partial charge is 0.350 e. The number of aromatic nitrogens is 5. The number of nitrogens with zero attached hydrogens (tertiary/aromatic N) is 5. The molecule has 29 heavy (non-hydrogen) atoms. The van der Waals surface area contributed by atoms with Crippen molar-refractivity contribution in [3.63, 3.8) is 0 Å². The van der Waals surface area contributed by atoms with Gasteiger partial charge in [0.2, 0.25) is 0 Å². The van der Waals surface area contributed by atoms with E-state index in [-0.39, 0.29) is 30.2 Å². The second-order valence-corrected chi connectivity index (χ2v) is 6.61. The van der Waals surface area contributed by atoms with Crippen molar-refractivity contribution in [1.29, 1.82) is 0 Å². The Hall–Kier alpha value is -3.01. The Kier molecular flexibility index (Phi) is 6.12. The maximum Gasteiger partial charge on any atom is 0.433 e. The molecule has 0 bridgehead atoms. The van der Waals surface area contributed by atoms with Gasteiger partial charge < -0.3 is 5.32 Å². The fourth-order valence-electron chi connectivity index (χ4n) is 2.55. The molecule has 1 amide bonds. The maximum atomic E-state index is 12.8. The van der Waals surface area contributed by atoms with Crippen LogP contribution in [0.2, 0.25) is 5.02 Å². The van der Waals surface area contributed by atoms with Gasteiger partial charge in [-0.2, -0.15) is 13.2 Å². The second-order valence-electron chi connectivity index (χ2n) is 6.21. The fourth-order valence-corrected chi connectivity index (χ4v) is 2.74. The van der Waals surface area contributed by atoms with Crippen LogP contribution in [0.4, 0.5) is 13.2 Å². The van der Waals surface area contributed by atoms with E-state index >= 15 is 0 Å². The summed E-state index contributed by atoms with van der Waals surface area (Å²) in [6, 6.07) is 8.10. The molecule has 0 unspecified atom stereocenters. The van der Waals surface area contributed by atoms with Gasteiger partial charge >= 0.3 is 6.18 Å². The summed E-state index contributed by atoms with van der Waals surface area (Å²) in [6.07, 6.45) is -3.04. The summed E-state index contributed by atoms with van der Waals surface area (Å²) in [4.78, 5) is 19.7. The summed E-state index contributed by atoms with van der Waals surface area (Å²) in [5, 5.41) is 10.8. The molecule has 0 fully saturated rings. The average molecular weight is 425 g/mol. The first-order chi connectivity index (χ1) is 13.7. The number of alkyl halides is 3. The van der Waals surface area contributed by atoms with Gasteiger partial charge in [0.25, 0.3) is 5.91 Å². The van der Waals surface area contributed by atoms with E-state index in [2.05, 4.69) is 25.6 Å². The Morgan fingerprint density at radius 1 is 1.24 bits per heavy atom. The number of halogens is 4. The zero-order chi connectivity index (χ0) is 21.0. The van der Waals surface area contributed by atoms with E-state index in [0.29, 0.717) is 11.6 Å². The summed E-state index contributed by atoms with van der Waals surface area (Å²) in [7, 11) is 0. The van der Waals surface area contributed by atoms with Gasteiger partial charge in [-0.15, -0.1) is 5.10 Å². The summed E-state index contributed by atoms with van der Waals surface area (Å²) >= 11 is 6.10. The molecular weight excluding hydrogens is 409 g/mol. The first-order valence-electron chi connectivity index (χ1n) is 8.56. The van der Waals surface area contributed by atoms with Crippen LogP contribution in [-0.4, -0.2) is 37.4 Å². The minimum Gasteiger partial charge on any atom is -0.350 e. The first-order valence-corrected chi connectivity index (χ1v) is 8.93. The van der Waals surface area contributed by atoms with E-state index in [1.165, 1.54) is 17.8 Å². The summed E-state index contributed by atoms with van der Waals surface area (Å²) < 4.78 is 39.9. The molecule has 152 valence electrons. The molecule has 1 aromatic carbocycles. The first kappa shape index (κ1) is 20.7. The molecule has 0 radical (unpaired) electrons. The predicted molar refractivity (Wildman–Crippen MR) is 98.4 cm³/mol. The molecular formula is C18H16ClF3N6O. The van der Waals surface area contributed by atoms with Crippen LogP contribution < -0.4 is 5.32 Å². The maximum absolute atomic E-state index is 12.8. The Labute approximate surface area is 168 Å². The summed E-state index contributed by atoms with van der Waals surface area (Å²) in [5.41, 5.74) is 0.103. The number of hydrogen-bond acceptors (Lipinski definition) is 5. The molecule has 3 aromatic rings. The summed E-state index contributed by atoms with van der Waals surface area (Å²) in [5.74, 6) is -0.501. The van der Waals surface area contributed by atoms with Crippen LogP contribution in [0, 0.1) is 6.92 Å². The quantitative estimate of drug-likeness (QED) is 0.657. The molecule has 0 saturated heterocycles. The third-order valence-corrected chi connectivity index (χ3v) is 4.26. The van der Waals surface area contributed by atoms with Gasteiger partial charge in [0.05, 0.1) is 12.7 Å². The number of aryl methyl sites for hydroxylation is 1. The van der Waals surface area contributed by atoms with E-state index in [1.54, 1.807) is 6.07 Å². The SMILES string of the molecule is Cc1cc(C(F)(F)F)nc(CCNC(=O)c2cn(Cc3ccccc3Cl)nn2)n1. The molecule has 2 aromatic heterocycles. The molecule has 0 aliphatic carbocycles. The van der Waals surface area contributed by atoms with Crippen molar-refractivity contribution in [2.45, 2.75) is 26.1 Å². The molecule has 1 N–H and O–H groups in total. The van der Waals surface area contributed by atoms with Gasteiger partial charge in [0.1, 0.15) is 11.5 Å². The van der Waals surface area contributed by atoms with E-state index in [0.717, 1.165) is 11.6 Å². The Morgan fingerprint density at radius 3 is 2.72 bits per heavy atom. The van der Waals surface area contributed by atoms with Crippen LogP contribution in [-0.2, 0) is 19.1 Å². The molecule has 0 aliphatic rings. The number of amides is 1. The van der Waals surface area contributed by atoms with Crippen molar-refractivity contribution in [1.82, 2.24) is 30.3 Å². The van der Waals surface area contributed by atoms with Gasteiger partial charge in [-0.3, -0.25) is 4.79 Å². The highest BCUT2D eigenvalue weighted by molar-refractivity contribution is 6.31. The second kappa shape index (κ2) is 8.56. The number of benzene rings is 1. The number of carbonyl (C=O) groups excluding carboxylic acids is 1. The zero-order valence-corrected chi connectivity index (χ0v) is 16.0. The van der Waals surface area contributed by atoms with Crippen LogP contribution in [0.5, 0.6) is 0 Å². The van der Waals surface area contributed by atoms with Crippen molar-refractivity contribution in [3.8, 4) is 0 Å². The lowest BCUT2D eigenvalue weighted by molar-refractivity contribution is -0.141. The average Bonchev–Trinajstić information content (AvgIpc) is 3.11. The molecule has 0 aliphatic heterocycles. The van der Waals surface area contributed by atoms with Crippen LogP contribution in [0.25, 0.3) is 0 Å². The molecule has 7 nitrogen and oxygen atoms in total. The third kappa shape index (κ3) is 5.50. The van der Waals surface area contributed by atoms with Crippen LogP contribution in [0.15, 0.2) is 36.5 Å². The van der Waals surface area contributed by atoms with E-state index in [9.17, 15) is 18.0 Å². The van der Waals surface area contributed by atoms with Crippen LogP contribution in [0.1, 0.15) is 33.3 Å². The highest BCUT2D eigenvalue weighted by atomic mass is 35.5. The topological polar surface area (TPSA) is 85.6 Å². The molecule has 3 rings (SSSR count). The van der Waals surface area contributed by atoms with Gasteiger partial charge in [-0.1, -0.05) is 35.0 Å². The van der Waals surface area contributed by atoms with Gasteiger partial charge in [-0.25, -0.2) is 14.6 Å². The lowest BCUT2D eigenvalue weighted by atomic mass is 10.2. The van der Waals surface area contributed by atoms with Gasteiger partial charge in [0, 0.05) is 23.7 Å². The lowest BCUT2D eigenvalue weighted by Crippen LogP contribution is -2.27.